The average Bonchev–Trinajstić information content (AvgIpc) is 3.17. The standard InChI is InChI=1S/C24H19IN4O4/c1-33-23-11-10-19(29(31)32)12-21(23)24(30)27-26-13-17-15-28(22-5-3-2-4-20(17)22)14-16-6-8-18(25)9-7-16/h2-13,15H,14H2,1H3,(H,27,30). The molecule has 0 atom stereocenters. The van der Waals surface area contributed by atoms with Crippen molar-refractivity contribution in [1.29, 1.82) is 0 Å². The van der Waals surface area contributed by atoms with E-state index in [-0.39, 0.29) is 17.0 Å². The predicted molar refractivity (Wildman–Crippen MR) is 135 cm³/mol. The highest BCUT2D eigenvalue weighted by Gasteiger charge is 2.17. The van der Waals surface area contributed by atoms with Gasteiger partial charge in [0.15, 0.2) is 0 Å². The molecule has 0 saturated heterocycles. The van der Waals surface area contributed by atoms with Crippen LogP contribution in [0.25, 0.3) is 10.9 Å². The van der Waals surface area contributed by atoms with Gasteiger partial charge in [-0.3, -0.25) is 14.9 Å². The van der Waals surface area contributed by atoms with Gasteiger partial charge in [-0.1, -0.05) is 30.3 Å². The second kappa shape index (κ2) is 9.82. The second-order valence-electron chi connectivity index (χ2n) is 7.20. The summed E-state index contributed by atoms with van der Waals surface area (Å²) in [4.78, 5) is 23.1. The van der Waals surface area contributed by atoms with Gasteiger partial charge in [-0.05, 0) is 52.4 Å². The third-order valence-electron chi connectivity index (χ3n) is 5.09. The zero-order valence-corrected chi connectivity index (χ0v) is 19.7. The maximum Gasteiger partial charge on any atom is 0.275 e. The first-order valence-corrected chi connectivity index (χ1v) is 11.0. The van der Waals surface area contributed by atoms with E-state index in [1.54, 1.807) is 6.21 Å². The van der Waals surface area contributed by atoms with Crippen LogP contribution in [-0.4, -0.2) is 28.7 Å². The lowest BCUT2D eigenvalue weighted by Gasteiger charge is -2.06. The van der Waals surface area contributed by atoms with E-state index in [9.17, 15) is 14.9 Å². The van der Waals surface area contributed by atoms with Gasteiger partial charge < -0.3 is 9.30 Å². The zero-order valence-electron chi connectivity index (χ0n) is 17.6. The van der Waals surface area contributed by atoms with Crippen LogP contribution in [0.2, 0.25) is 0 Å². The van der Waals surface area contributed by atoms with Gasteiger partial charge >= 0.3 is 0 Å². The van der Waals surface area contributed by atoms with Gasteiger partial charge in [0.25, 0.3) is 11.6 Å². The number of fused-ring (bicyclic) bond motifs is 1. The summed E-state index contributed by atoms with van der Waals surface area (Å²) in [5, 5.41) is 16.1. The molecular weight excluding hydrogens is 535 g/mol. The normalized spacial score (nSPS) is 11.1. The number of nitrogens with one attached hydrogen (secondary N) is 1. The van der Waals surface area contributed by atoms with Crippen LogP contribution in [0.1, 0.15) is 21.5 Å². The van der Waals surface area contributed by atoms with Gasteiger partial charge in [0.2, 0.25) is 0 Å². The lowest BCUT2D eigenvalue weighted by molar-refractivity contribution is -0.384. The number of halogens is 1. The Bertz CT molecular complexity index is 1360. The van der Waals surface area contributed by atoms with Gasteiger partial charge in [-0.15, -0.1) is 0 Å². The molecule has 0 aliphatic carbocycles. The van der Waals surface area contributed by atoms with Crippen LogP contribution in [0, 0.1) is 13.7 Å². The van der Waals surface area contributed by atoms with Crippen LogP contribution in [0.3, 0.4) is 0 Å². The Kier molecular flexibility index (Phi) is 6.68. The summed E-state index contributed by atoms with van der Waals surface area (Å²) in [5.41, 5.74) is 5.32. The molecule has 3 aromatic carbocycles. The molecule has 0 spiro atoms. The summed E-state index contributed by atoms with van der Waals surface area (Å²) in [5.74, 6) is -0.378. The SMILES string of the molecule is COc1ccc([N+](=O)[O-])cc1C(=O)NN=Cc1cn(Cc2ccc(I)cc2)c2ccccc12. The highest BCUT2D eigenvalue weighted by atomic mass is 127. The number of carbonyl (C=O) groups excluding carboxylic acids is 1. The van der Waals surface area contributed by atoms with E-state index >= 15 is 0 Å². The molecule has 1 N–H and O–H groups in total. The molecule has 0 aliphatic rings. The van der Waals surface area contributed by atoms with E-state index in [0.29, 0.717) is 6.54 Å². The van der Waals surface area contributed by atoms with Crippen LogP contribution in [0.5, 0.6) is 5.75 Å². The molecule has 166 valence electrons. The molecule has 9 heteroatoms. The first-order valence-electron chi connectivity index (χ1n) is 9.94. The zero-order chi connectivity index (χ0) is 23.4. The van der Waals surface area contributed by atoms with E-state index in [1.165, 1.54) is 28.4 Å². The first kappa shape index (κ1) is 22.5. The van der Waals surface area contributed by atoms with Crippen molar-refractivity contribution < 1.29 is 14.5 Å². The fourth-order valence-electron chi connectivity index (χ4n) is 3.50. The van der Waals surface area contributed by atoms with Crippen molar-refractivity contribution in [2.45, 2.75) is 6.54 Å². The van der Waals surface area contributed by atoms with E-state index in [4.69, 9.17) is 4.74 Å². The van der Waals surface area contributed by atoms with Gasteiger partial charge in [0.05, 0.1) is 23.8 Å². The van der Waals surface area contributed by atoms with Crippen molar-refractivity contribution in [3.05, 3.63) is 103 Å². The third-order valence-corrected chi connectivity index (χ3v) is 5.81. The van der Waals surface area contributed by atoms with E-state index < -0.39 is 10.8 Å². The number of benzene rings is 3. The van der Waals surface area contributed by atoms with Crippen molar-refractivity contribution in [2.75, 3.05) is 7.11 Å². The maximum atomic E-state index is 12.6. The van der Waals surface area contributed by atoms with Gasteiger partial charge in [0, 0.05) is 44.9 Å². The Hall–Kier alpha value is -3.73. The lowest BCUT2D eigenvalue weighted by atomic mass is 10.1. The smallest absolute Gasteiger partial charge is 0.275 e. The quantitative estimate of drug-likeness (QED) is 0.151. The second-order valence-corrected chi connectivity index (χ2v) is 8.44. The molecule has 0 aliphatic heterocycles. The van der Waals surface area contributed by atoms with Gasteiger partial charge in [-0.25, -0.2) is 5.43 Å². The number of hydrazone groups is 1. The van der Waals surface area contributed by atoms with Crippen molar-refractivity contribution in [2.24, 2.45) is 5.10 Å². The van der Waals surface area contributed by atoms with E-state index in [2.05, 4.69) is 62.0 Å². The number of non-ortho nitro benzene ring substituents is 1. The molecular formula is C24H19IN4O4. The molecule has 0 bridgehead atoms. The molecule has 4 rings (SSSR count). The van der Waals surface area contributed by atoms with Crippen LogP contribution < -0.4 is 10.2 Å². The average molecular weight is 554 g/mol. The van der Waals surface area contributed by atoms with Crippen molar-refractivity contribution in [3.63, 3.8) is 0 Å². The number of nitrogens with zero attached hydrogens (tertiary/aromatic N) is 3. The molecule has 0 saturated carbocycles. The molecule has 0 unspecified atom stereocenters. The number of methoxy groups -OCH3 is 1. The van der Waals surface area contributed by atoms with Crippen LogP contribution in [0.4, 0.5) is 5.69 Å². The molecule has 1 amide bonds. The Balaban J connectivity index is 1.57. The summed E-state index contributed by atoms with van der Waals surface area (Å²) in [6.45, 7) is 0.697. The largest absolute Gasteiger partial charge is 0.496 e. The van der Waals surface area contributed by atoms with Gasteiger partial charge in [0.1, 0.15) is 5.75 Å². The minimum Gasteiger partial charge on any atom is -0.496 e. The molecule has 1 heterocycles. The van der Waals surface area contributed by atoms with Crippen LogP contribution in [-0.2, 0) is 6.54 Å². The molecule has 8 nitrogen and oxygen atoms in total. The van der Waals surface area contributed by atoms with Crippen molar-refractivity contribution in [3.8, 4) is 5.75 Å². The first-order chi connectivity index (χ1) is 16.0. The molecule has 4 aromatic rings. The monoisotopic (exact) mass is 554 g/mol. The number of rotatable bonds is 7. The molecule has 0 radical (unpaired) electrons. The number of ether oxygens (including phenoxy) is 1. The van der Waals surface area contributed by atoms with Crippen molar-refractivity contribution >= 4 is 51.3 Å². The number of amides is 1. The Labute approximate surface area is 203 Å². The summed E-state index contributed by atoms with van der Waals surface area (Å²) in [6.07, 6.45) is 3.54. The highest BCUT2D eigenvalue weighted by molar-refractivity contribution is 14.1. The summed E-state index contributed by atoms with van der Waals surface area (Å²) in [6, 6.07) is 20.1. The Morgan fingerprint density at radius 2 is 1.94 bits per heavy atom. The van der Waals surface area contributed by atoms with E-state index in [1.807, 2.05) is 30.5 Å². The molecule has 33 heavy (non-hydrogen) atoms. The topological polar surface area (TPSA) is 98.8 Å². The predicted octanol–water partition coefficient (Wildman–Crippen LogP) is 4.97. The fourth-order valence-corrected chi connectivity index (χ4v) is 3.86. The number of hydrogen-bond donors (Lipinski definition) is 1. The summed E-state index contributed by atoms with van der Waals surface area (Å²) < 4.78 is 8.46. The summed E-state index contributed by atoms with van der Waals surface area (Å²) in [7, 11) is 1.39. The molecule has 1 aromatic heterocycles. The Morgan fingerprint density at radius 3 is 2.67 bits per heavy atom. The van der Waals surface area contributed by atoms with Crippen LogP contribution >= 0.6 is 22.6 Å². The van der Waals surface area contributed by atoms with Gasteiger partial charge in [-0.2, -0.15) is 5.10 Å². The number of nitro benzene ring substituents is 1. The maximum absolute atomic E-state index is 12.6. The van der Waals surface area contributed by atoms with Crippen molar-refractivity contribution in [1.82, 2.24) is 9.99 Å². The molecule has 0 fully saturated rings. The van der Waals surface area contributed by atoms with E-state index in [0.717, 1.165) is 22.5 Å². The number of nitro groups is 1. The number of aromatic nitrogens is 1. The van der Waals surface area contributed by atoms with Crippen LogP contribution in [0.15, 0.2) is 78.0 Å². The highest BCUT2D eigenvalue weighted by Crippen LogP contribution is 2.24. The number of hydrogen-bond acceptors (Lipinski definition) is 5. The Morgan fingerprint density at radius 1 is 1.18 bits per heavy atom. The lowest BCUT2D eigenvalue weighted by Crippen LogP contribution is -2.18. The minimum atomic E-state index is -0.602. The number of para-hydroxylation sites is 1. The third kappa shape index (κ3) is 5.03. The fraction of sp³-hybridized carbons (Fsp3) is 0.0833. The number of carbonyl (C=O) groups is 1. The summed E-state index contributed by atoms with van der Waals surface area (Å²) >= 11 is 2.28. The minimum absolute atomic E-state index is 0.0324.